The van der Waals surface area contributed by atoms with Crippen molar-refractivity contribution in [2.24, 2.45) is 0 Å². The molecule has 0 spiro atoms. The smallest absolute Gasteiger partial charge is 0.238 e. The molecule has 0 aliphatic carbocycles. The molecule has 2 heterocycles. The lowest BCUT2D eigenvalue weighted by Gasteiger charge is -2.33. The number of carbonyl (C=O) groups excluding carboxylic acids is 1. The molecule has 146 valence electrons. The monoisotopic (exact) mass is 394 g/mol. The van der Waals surface area contributed by atoms with E-state index in [-0.39, 0.29) is 5.91 Å². The fourth-order valence-corrected chi connectivity index (χ4v) is 4.69. The van der Waals surface area contributed by atoms with E-state index in [1.165, 1.54) is 9.71 Å². The van der Waals surface area contributed by atoms with Gasteiger partial charge < -0.3 is 5.32 Å². The molecule has 0 saturated carbocycles. The van der Waals surface area contributed by atoms with Crippen LogP contribution in [0.15, 0.2) is 42.5 Å². The Morgan fingerprint density at radius 3 is 2.39 bits per heavy atom. The summed E-state index contributed by atoms with van der Waals surface area (Å²) in [6.07, 6.45) is 0. The van der Waals surface area contributed by atoms with E-state index >= 15 is 0 Å². The Kier molecular flexibility index (Phi) is 5.71. The number of fused-ring (bicyclic) bond motifs is 1. The maximum atomic E-state index is 12.5. The second kappa shape index (κ2) is 8.39. The van der Waals surface area contributed by atoms with E-state index in [1.54, 1.807) is 11.3 Å². The average molecular weight is 395 g/mol. The molecule has 3 aromatic rings. The van der Waals surface area contributed by atoms with Gasteiger partial charge in [0, 0.05) is 31.9 Å². The van der Waals surface area contributed by atoms with Gasteiger partial charge in [0.15, 0.2) is 0 Å². The predicted molar refractivity (Wildman–Crippen MR) is 116 cm³/mol. The van der Waals surface area contributed by atoms with Crippen LogP contribution < -0.4 is 5.32 Å². The van der Waals surface area contributed by atoms with Gasteiger partial charge in [-0.25, -0.2) is 4.98 Å². The molecule has 1 aromatic heterocycles. The normalized spacial score (nSPS) is 15.8. The molecule has 6 heteroatoms. The molecule has 5 nitrogen and oxygen atoms in total. The summed E-state index contributed by atoms with van der Waals surface area (Å²) in [6.45, 7) is 9.15. The zero-order chi connectivity index (χ0) is 19.5. The van der Waals surface area contributed by atoms with Gasteiger partial charge in [0.2, 0.25) is 5.91 Å². The molecule has 0 atom stereocenters. The Morgan fingerprint density at radius 1 is 1.00 bits per heavy atom. The number of hydrogen-bond donors (Lipinski definition) is 1. The molecular formula is C22H26N4OS. The van der Waals surface area contributed by atoms with Crippen molar-refractivity contribution < 1.29 is 4.79 Å². The highest BCUT2D eigenvalue weighted by Crippen LogP contribution is 2.23. The maximum Gasteiger partial charge on any atom is 0.238 e. The Hall–Kier alpha value is -2.28. The van der Waals surface area contributed by atoms with Crippen LogP contribution in [0.3, 0.4) is 0 Å². The third kappa shape index (κ3) is 4.41. The molecule has 0 unspecified atom stereocenters. The van der Waals surface area contributed by atoms with Crippen LogP contribution in [0.1, 0.15) is 16.1 Å². The zero-order valence-corrected chi connectivity index (χ0v) is 17.3. The van der Waals surface area contributed by atoms with E-state index < -0.39 is 0 Å². The second-order valence-corrected chi connectivity index (χ2v) is 8.56. The van der Waals surface area contributed by atoms with Crippen molar-refractivity contribution in [1.29, 1.82) is 0 Å². The quantitative estimate of drug-likeness (QED) is 0.717. The predicted octanol–water partition coefficient (Wildman–Crippen LogP) is 3.67. The number of rotatable bonds is 5. The SMILES string of the molecule is Cc1cccc(C)c1NC(=O)CN1CCN(Cc2nc3ccccc3s2)CC1. The maximum absolute atomic E-state index is 12.5. The van der Waals surface area contributed by atoms with Crippen LogP contribution >= 0.6 is 11.3 Å². The lowest BCUT2D eigenvalue weighted by Crippen LogP contribution is -2.48. The number of para-hydroxylation sites is 2. The molecule has 1 saturated heterocycles. The van der Waals surface area contributed by atoms with Crippen molar-refractivity contribution in [2.45, 2.75) is 20.4 Å². The van der Waals surface area contributed by atoms with Gasteiger partial charge in [-0.05, 0) is 37.1 Å². The van der Waals surface area contributed by atoms with Crippen LogP contribution in [-0.2, 0) is 11.3 Å². The number of benzene rings is 2. The minimum atomic E-state index is 0.0667. The van der Waals surface area contributed by atoms with Crippen LogP contribution in [-0.4, -0.2) is 53.4 Å². The first-order valence-electron chi connectivity index (χ1n) is 9.74. The summed E-state index contributed by atoms with van der Waals surface area (Å²) in [7, 11) is 0. The van der Waals surface area contributed by atoms with Gasteiger partial charge in [-0.1, -0.05) is 30.3 Å². The van der Waals surface area contributed by atoms with Crippen LogP contribution in [0.25, 0.3) is 10.2 Å². The van der Waals surface area contributed by atoms with Gasteiger partial charge in [0.05, 0.1) is 23.3 Å². The standard InChI is InChI=1S/C22H26N4OS/c1-16-6-5-7-17(2)22(16)24-20(27)14-25-10-12-26(13-11-25)15-21-23-18-8-3-4-9-19(18)28-21/h3-9H,10-15H2,1-2H3,(H,24,27). The number of anilines is 1. The Balaban J connectivity index is 1.27. The van der Waals surface area contributed by atoms with Crippen LogP contribution in [0.4, 0.5) is 5.69 Å². The van der Waals surface area contributed by atoms with Crippen molar-refractivity contribution in [1.82, 2.24) is 14.8 Å². The molecule has 28 heavy (non-hydrogen) atoms. The molecule has 2 aromatic carbocycles. The lowest BCUT2D eigenvalue weighted by molar-refractivity contribution is -0.117. The van der Waals surface area contributed by atoms with Crippen molar-refractivity contribution in [3.63, 3.8) is 0 Å². The van der Waals surface area contributed by atoms with E-state index in [4.69, 9.17) is 4.98 Å². The number of aromatic nitrogens is 1. The fraction of sp³-hybridized carbons (Fsp3) is 0.364. The summed E-state index contributed by atoms with van der Waals surface area (Å²) in [5.41, 5.74) is 4.24. The van der Waals surface area contributed by atoms with Crippen LogP contribution in [0.5, 0.6) is 0 Å². The van der Waals surface area contributed by atoms with E-state index in [0.29, 0.717) is 6.54 Å². The van der Waals surface area contributed by atoms with Gasteiger partial charge in [0.1, 0.15) is 5.01 Å². The summed E-state index contributed by atoms with van der Waals surface area (Å²) in [6, 6.07) is 14.4. The second-order valence-electron chi connectivity index (χ2n) is 7.44. The summed E-state index contributed by atoms with van der Waals surface area (Å²) in [5.74, 6) is 0.0667. The first kappa shape index (κ1) is 19.1. The summed E-state index contributed by atoms with van der Waals surface area (Å²) < 4.78 is 1.25. The van der Waals surface area contributed by atoms with E-state index in [2.05, 4.69) is 33.3 Å². The molecule has 1 aliphatic heterocycles. The number of hydrogen-bond acceptors (Lipinski definition) is 5. The topological polar surface area (TPSA) is 48.5 Å². The molecule has 0 radical (unpaired) electrons. The highest BCUT2D eigenvalue weighted by molar-refractivity contribution is 7.18. The van der Waals surface area contributed by atoms with Gasteiger partial charge in [-0.3, -0.25) is 14.6 Å². The highest BCUT2D eigenvalue weighted by Gasteiger charge is 2.20. The van der Waals surface area contributed by atoms with E-state index in [1.807, 2.05) is 38.1 Å². The zero-order valence-electron chi connectivity index (χ0n) is 16.4. The fourth-order valence-electron chi connectivity index (χ4n) is 3.68. The van der Waals surface area contributed by atoms with Crippen molar-refractivity contribution in [3.05, 3.63) is 58.6 Å². The van der Waals surface area contributed by atoms with Crippen LogP contribution in [0.2, 0.25) is 0 Å². The van der Waals surface area contributed by atoms with Gasteiger partial charge >= 0.3 is 0 Å². The third-order valence-corrected chi connectivity index (χ3v) is 6.30. The molecule has 1 N–H and O–H groups in total. The largest absolute Gasteiger partial charge is 0.324 e. The minimum absolute atomic E-state index is 0.0667. The van der Waals surface area contributed by atoms with Crippen molar-refractivity contribution >= 4 is 33.1 Å². The Bertz CT molecular complexity index is 922. The molecule has 0 bridgehead atoms. The van der Waals surface area contributed by atoms with Crippen LogP contribution in [0, 0.1) is 13.8 Å². The lowest BCUT2D eigenvalue weighted by atomic mass is 10.1. The Morgan fingerprint density at radius 2 is 1.68 bits per heavy atom. The summed E-state index contributed by atoms with van der Waals surface area (Å²) in [4.78, 5) is 21.9. The number of nitrogens with one attached hydrogen (secondary N) is 1. The van der Waals surface area contributed by atoms with E-state index in [9.17, 15) is 4.79 Å². The van der Waals surface area contributed by atoms with Crippen molar-refractivity contribution in [2.75, 3.05) is 38.0 Å². The third-order valence-electron chi connectivity index (χ3n) is 5.27. The van der Waals surface area contributed by atoms with Crippen molar-refractivity contribution in [3.8, 4) is 0 Å². The van der Waals surface area contributed by atoms with E-state index in [0.717, 1.165) is 55.1 Å². The summed E-state index contributed by atoms with van der Waals surface area (Å²) >= 11 is 1.78. The van der Waals surface area contributed by atoms with Gasteiger partial charge in [-0.15, -0.1) is 11.3 Å². The number of thiazole rings is 1. The summed E-state index contributed by atoms with van der Waals surface area (Å²) in [5, 5.41) is 4.26. The number of piperazine rings is 1. The minimum Gasteiger partial charge on any atom is -0.324 e. The number of amides is 1. The first-order valence-corrected chi connectivity index (χ1v) is 10.6. The highest BCUT2D eigenvalue weighted by atomic mass is 32.1. The number of nitrogens with zero attached hydrogens (tertiary/aromatic N) is 3. The number of aryl methyl sites for hydroxylation is 2. The molecular weight excluding hydrogens is 368 g/mol. The molecule has 1 fully saturated rings. The number of carbonyl (C=O) groups is 1. The molecule has 4 rings (SSSR count). The first-order chi connectivity index (χ1) is 13.6. The molecule has 1 amide bonds. The van der Waals surface area contributed by atoms with Gasteiger partial charge in [0.25, 0.3) is 0 Å². The van der Waals surface area contributed by atoms with Gasteiger partial charge in [-0.2, -0.15) is 0 Å². The average Bonchev–Trinajstić information content (AvgIpc) is 3.09. The molecule has 1 aliphatic rings. The Labute approximate surface area is 170 Å².